The van der Waals surface area contributed by atoms with E-state index >= 15 is 0 Å². The number of likely N-dealkylation sites (tertiary alicyclic amines) is 1. The van der Waals surface area contributed by atoms with Gasteiger partial charge in [-0.15, -0.1) is 0 Å². The van der Waals surface area contributed by atoms with Crippen LogP contribution < -0.4 is 10.1 Å². The summed E-state index contributed by atoms with van der Waals surface area (Å²) in [5, 5.41) is 12.1. The maximum atomic E-state index is 12.8. The van der Waals surface area contributed by atoms with Gasteiger partial charge in [0.1, 0.15) is 5.75 Å². The predicted octanol–water partition coefficient (Wildman–Crippen LogP) is 1.20. The molecule has 1 aliphatic carbocycles. The summed E-state index contributed by atoms with van der Waals surface area (Å²) in [5.74, 6) is -0.755. The van der Waals surface area contributed by atoms with Gasteiger partial charge in [0.2, 0.25) is 0 Å². The fourth-order valence-corrected chi connectivity index (χ4v) is 3.66. The van der Waals surface area contributed by atoms with Crippen molar-refractivity contribution >= 4 is 23.5 Å². The van der Waals surface area contributed by atoms with Gasteiger partial charge in [-0.25, -0.2) is 0 Å². The Bertz CT molecular complexity index is 728. The monoisotopic (exact) mass is 330 g/mol. The largest absolute Gasteiger partial charge is 0.482 e. The molecule has 7 nitrogen and oxygen atoms in total. The van der Waals surface area contributed by atoms with E-state index in [1.165, 1.54) is 0 Å². The Hall–Kier alpha value is -2.57. The topological polar surface area (TPSA) is 95.9 Å². The molecule has 1 aromatic rings. The molecule has 1 aromatic carbocycles. The number of amides is 2. The highest BCUT2D eigenvalue weighted by Crippen LogP contribution is 2.44. The third-order valence-corrected chi connectivity index (χ3v) is 5.06. The van der Waals surface area contributed by atoms with Crippen LogP contribution in [0.5, 0.6) is 5.75 Å². The van der Waals surface area contributed by atoms with Gasteiger partial charge >= 0.3 is 5.97 Å². The predicted molar refractivity (Wildman–Crippen MR) is 83.8 cm³/mol. The van der Waals surface area contributed by atoms with Crippen LogP contribution >= 0.6 is 0 Å². The number of anilines is 1. The second-order valence-electron chi connectivity index (χ2n) is 6.70. The SMILES string of the molecule is O=C1COc2ccc(C(=O)N3C[C@H](C(=O)O)[C@@H](C4CC4)C3)cc2N1. The Kier molecular flexibility index (Phi) is 3.44. The van der Waals surface area contributed by atoms with Crippen LogP contribution in [0, 0.1) is 17.8 Å². The third kappa shape index (κ3) is 2.60. The maximum Gasteiger partial charge on any atom is 0.308 e. The number of nitrogens with zero attached hydrogens (tertiary/aromatic N) is 1. The molecule has 3 aliphatic rings. The molecule has 2 heterocycles. The molecule has 24 heavy (non-hydrogen) atoms. The number of carbonyl (C=O) groups excluding carboxylic acids is 2. The smallest absolute Gasteiger partial charge is 0.308 e. The second kappa shape index (κ2) is 5.51. The number of ether oxygens (including phenoxy) is 1. The van der Waals surface area contributed by atoms with Crippen LogP contribution in [0.3, 0.4) is 0 Å². The van der Waals surface area contributed by atoms with Crippen molar-refractivity contribution in [2.75, 3.05) is 25.0 Å². The van der Waals surface area contributed by atoms with Gasteiger partial charge in [0.25, 0.3) is 11.8 Å². The Morgan fingerprint density at radius 1 is 1.25 bits per heavy atom. The van der Waals surface area contributed by atoms with E-state index in [0.717, 1.165) is 12.8 Å². The minimum Gasteiger partial charge on any atom is -0.482 e. The fraction of sp³-hybridized carbons (Fsp3) is 0.471. The van der Waals surface area contributed by atoms with Crippen molar-refractivity contribution in [3.8, 4) is 5.75 Å². The lowest BCUT2D eigenvalue weighted by molar-refractivity contribution is -0.142. The lowest BCUT2D eigenvalue weighted by Gasteiger charge is -2.20. The van der Waals surface area contributed by atoms with Gasteiger partial charge in [0.05, 0.1) is 11.6 Å². The molecule has 0 spiro atoms. The maximum absolute atomic E-state index is 12.8. The van der Waals surface area contributed by atoms with E-state index in [2.05, 4.69) is 5.32 Å². The van der Waals surface area contributed by atoms with E-state index in [1.807, 2.05) is 0 Å². The van der Waals surface area contributed by atoms with Crippen LogP contribution in [-0.4, -0.2) is 47.5 Å². The number of carboxylic acids is 1. The molecule has 2 fully saturated rings. The van der Waals surface area contributed by atoms with E-state index in [0.29, 0.717) is 29.5 Å². The Labute approximate surface area is 138 Å². The lowest BCUT2D eigenvalue weighted by atomic mass is 9.92. The van der Waals surface area contributed by atoms with Gasteiger partial charge < -0.3 is 20.1 Å². The van der Waals surface area contributed by atoms with Crippen molar-refractivity contribution < 1.29 is 24.2 Å². The van der Waals surface area contributed by atoms with Crippen LogP contribution in [0.2, 0.25) is 0 Å². The second-order valence-corrected chi connectivity index (χ2v) is 6.70. The summed E-state index contributed by atoms with van der Waals surface area (Å²) in [7, 11) is 0. The molecule has 4 rings (SSSR count). The van der Waals surface area contributed by atoms with Gasteiger partial charge in [-0.05, 0) is 42.9 Å². The van der Waals surface area contributed by atoms with Crippen molar-refractivity contribution in [3.63, 3.8) is 0 Å². The number of carbonyl (C=O) groups is 3. The molecule has 2 N–H and O–H groups in total. The zero-order valence-corrected chi connectivity index (χ0v) is 13.0. The number of hydrogen-bond donors (Lipinski definition) is 2. The molecule has 0 bridgehead atoms. The number of fused-ring (bicyclic) bond motifs is 1. The van der Waals surface area contributed by atoms with Crippen molar-refractivity contribution in [1.29, 1.82) is 0 Å². The minimum absolute atomic E-state index is 0.0320. The molecule has 1 saturated heterocycles. The zero-order valence-electron chi connectivity index (χ0n) is 13.0. The Balaban J connectivity index is 1.54. The van der Waals surface area contributed by atoms with E-state index in [-0.39, 0.29) is 30.9 Å². The molecule has 7 heteroatoms. The fourth-order valence-electron chi connectivity index (χ4n) is 3.66. The molecule has 2 atom stereocenters. The van der Waals surface area contributed by atoms with Crippen LogP contribution in [-0.2, 0) is 9.59 Å². The van der Waals surface area contributed by atoms with E-state index < -0.39 is 11.9 Å². The standard InChI is InChI=1S/C17H18N2O5/c20-15-8-24-14-4-3-10(5-13(14)18-15)16(21)19-6-11(9-1-2-9)12(7-19)17(22)23/h3-5,9,11-12H,1-2,6-8H2,(H,18,20)(H,22,23)/t11-,12+/m1/s1. The molecule has 2 amide bonds. The van der Waals surface area contributed by atoms with E-state index in [1.54, 1.807) is 23.1 Å². The average Bonchev–Trinajstić information content (AvgIpc) is 3.31. The summed E-state index contributed by atoms with van der Waals surface area (Å²) in [5.41, 5.74) is 0.907. The molecule has 0 radical (unpaired) electrons. The first-order valence-corrected chi connectivity index (χ1v) is 8.11. The van der Waals surface area contributed by atoms with E-state index in [4.69, 9.17) is 4.74 Å². The molecule has 0 unspecified atom stereocenters. The first-order chi connectivity index (χ1) is 11.5. The van der Waals surface area contributed by atoms with Crippen LogP contribution in [0.1, 0.15) is 23.2 Å². The molecule has 1 saturated carbocycles. The van der Waals surface area contributed by atoms with E-state index in [9.17, 15) is 19.5 Å². The Morgan fingerprint density at radius 2 is 2.04 bits per heavy atom. The zero-order chi connectivity index (χ0) is 16.8. The number of hydrogen-bond acceptors (Lipinski definition) is 4. The normalized spacial score (nSPS) is 25.7. The summed E-state index contributed by atoms with van der Waals surface area (Å²) >= 11 is 0. The summed E-state index contributed by atoms with van der Waals surface area (Å²) in [6.45, 7) is 0.700. The number of nitrogens with one attached hydrogen (secondary N) is 1. The third-order valence-electron chi connectivity index (χ3n) is 5.06. The van der Waals surface area contributed by atoms with Gasteiger partial charge in [-0.1, -0.05) is 0 Å². The van der Waals surface area contributed by atoms with Gasteiger partial charge in [-0.2, -0.15) is 0 Å². The first kappa shape index (κ1) is 15.0. The summed E-state index contributed by atoms with van der Waals surface area (Å²) in [6.07, 6.45) is 2.11. The van der Waals surface area contributed by atoms with Crippen LogP contribution in [0.25, 0.3) is 0 Å². The molecule has 0 aromatic heterocycles. The first-order valence-electron chi connectivity index (χ1n) is 8.11. The Morgan fingerprint density at radius 3 is 2.75 bits per heavy atom. The summed E-state index contributed by atoms with van der Waals surface area (Å²) in [4.78, 5) is 37.3. The molecular formula is C17H18N2O5. The highest BCUT2D eigenvalue weighted by atomic mass is 16.5. The number of carboxylic acid groups (broad SMARTS) is 1. The van der Waals surface area contributed by atoms with Crippen LogP contribution in [0.4, 0.5) is 5.69 Å². The molecular weight excluding hydrogens is 312 g/mol. The quantitative estimate of drug-likeness (QED) is 0.868. The molecule has 2 aliphatic heterocycles. The average molecular weight is 330 g/mol. The number of aliphatic carboxylic acids is 1. The summed E-state index contributed by atoms with van der Waals surface area (Å²) < 4.78 is 5.29. The van der Waals surface area contributed by atoms with Crippen molar-refractivity contribution in [2.24, 2.45) is 17.8 Å². The van der Waals surface area contributed by atoms with Crippen molar-refractivity contribution in [1.82, 2.24) is 4.90 Å². The van der Waals surface area contributed by atoms with Crippen molar-refractivity contribution in [3.05, 3.63) is 23.8 Å². The molecule has 126 valence electrons. The summed E-state index contributed by atoms with van der Waals surface area (Å²) in [6, 6.07) is 4.90. The number of benzene rings is 1. The van der Waals surface area contributed by atoms with Crippen molar-refractivity contribution in [2.45, 2.75) is 12.8 Å². The highest BCUT2D eigenvalue weighted by molar-refractivity contribution is 6.00. The van der Waals surface area contributed by atoms with Gasteiger partial charge in [-0.3, -0.25) is 14.4 Å². The van der Waals surface area contributed by atoms with Gasteiger partial charge in [0.15, 0.2) is 6.61 Å². The minimum atomic E-state index is -0.826. The van der Waals surface area contributed by atoms with Gasteiger partial charge in [0, 0.05) is 18.7 Å². The highest BCUT2D eigenvalue weighted by Gasteiger charge is 2.47. The lowest BCUT2D eigenvalue weighted by Crippen LogP contribution is -2.30. The number of rotatable bonds is 3. The van der Waals surface area contributed by atoms with Crippen LogP contribution in [0.15, 0.2) is 18.2 Å².